The summed E-state index contributed by atoms with van der Waals surface area (Å²) in [5.74, 6) is 1.10. The van der Waals surface area contributed by atoms with Crippen molar-refractivity contribution >= 4 is 17.6 Å². The molecule has 0 bridgehead atoms. The quantitative estimate of drug-likeness (QED) is 0.820. The summed E-state index contributed by atoms with van der Waals surface area (Å²) in [6.07, 6.45) is 5.61. The van der Waals surface area contributed by atoms with Crippen LogP contribution in [-0.4, -0.2) is 35.6 Å². The van der Waals surface area contributed by atoms with Crippen molar-refractivity contribution in [1.29, 1.82) is 0 Å². The predicted molar refractivity (Wildman–Crippen MR) is 78.2 cm³/mol. The zero-order chi connectivity index (χ0) is 14.2. The number of carbonyl (C=O) groups excluding carboxylic acids is 1. The maximum absolute atomic E-state index is 11.5. The largest absolute Gasteiger partial charge is 0.474 e. The molecule has 110 valence electrons. The molecular weight excluding hydrogens is 278 g/mol. The molecule has 1 aromatic heterocycles. The van der Waals surface area contributed by atoms with E-state index >= 15 is 0 Å². The fraction of sp³-hybridized carbons (Fsp3) is 0.571. The van der Waals surface area contributed by atoms with Crippen LogP contribution < -0.4 is 15.4 Å². The summed E-state index contributed by atoms with van der Waals surface area (Å²) in [5.41, 5.74) is 0. The molecule has 0 saturated heterocycles. The van der Waals surface area contributed by atoms with Gasteiger partial charge in [0.15, 0.2) is 0 Å². The van der Waals surface area contributed by atoms with Crippen LogP contribution >= 0.6 is 11.6 Å². The molecule has 0 atom stereocenters. The fourth-order valence-corrected chi connectivity index (χ4v) is 2.40. The molecule has 1 saturated carbocycles. The van der Waals surface area contributed by atoms with Crippen LogP contribution in [0.15, 0.2) is 24.4 Å². The number of halogens is 1. The smallest absolute Gasteiger partial charge is 0.315 e. The zero-order valence-electron chi connectivity index (χ0n) is 11.3. The maximum atomic E-state index is 11.5. The third-order valence-electron chi connectivity index (χ3n) is 3.31. The van der Waals surface area contributed by atoms with Crippen LogP contribution in [0, 0.1) is 0 Å². The van der Waals surface area contributed by atoms with Crippen molar-refractivity contribution < 1.29 is 9.53 Å². The van der Waals surface area contributed by atoms with Crippen molar-refractivity contribution in [3.05, 3.63) is 24.4 Å². The van der Waals surface area contributed by atoms with E-state index in [1.54, 1.807) is 6.20 Å². The normalized spacial score (nSPS) is 22.1. The van der Waals surface area contributed by atoms with Gasteiger partial charge in [0.2, 0.25) is 5.88 Å². The van der Waals surface area contributed by atoms with Gasteiger partial charge in [-0.1, -0.05) is 6.07 Å². The lowest BCUT2D eigenvalue weighted by Gasteiger charge is -2.29. The van der Waals surface area contributed by atoms with E-state index in [1.807, 2.05) is 18.2 Å². The molecular formula is C14H20ClN3O2. The number of aromatic nitrogens is 1. The average Bonchev–Trinajstić information content (AvgIpc) is 2.48. The van der Waals surface area contributed by atoms with E-state index in [0.29, 0.717) is 18.3 Å². The number of carbonyl (C=O) groups is 1. The number of hydrogen-bond donors (Lipinski definition) is 2. The van der Waals surface area contributed by atoms with Crippen LogP contribution in [0.1, 0.15) is 25.7 Å². The Bertz CT molecular complexity index is 408. The molecule has 2 N–H and O–H groups in total. The van der Waals surface area contributed by atoms with Gasteiger partial charge in [0, 0.05) is 30.7 Å². The molecule has 1 aromatic rings. The van der Waals surface area contributed by atoms with Crippen molar-refractivity contribution in [3.63, 3.8) is 0 Å². The number of amides is 2. The first kappa shape index (κ1) is 14.9. The van der Waals surface area contributed by atoms with Crippen molar-refractivity contribution in [2.75, 3.05) is 12.4 Å². The minimum absolute atomic E-state index is 0.139. The second-order valence-electron chi connectivity index (χ2n) is 4.85. The first-order chi connectivity index (χ1) is 9.78. The molecule has 1 fully saturated rings. The maximum Gasteiger partial charge on any atom is 0.315 e. The summed E-state index contributed by atoms with van der Waals surface area (Å²) in [4.78, 5) is 15.7. The molecule has 0 radical (unpaired) electrons. The Morgan fingerprint density at radius 2 is 2.15 bits per heavy atom. The van der Waals surface area contributed by atoms with E-state index in [9.17, 15) is 4.79 Å². The van der Waals surface area contributed by atoms with Crippen LogP contribution in [0.3, 0.4) is 0 Å². The highest BCUT2D eigenvalue weighted by atomic mass is 35.5. The number of nitrogens with one attached hydrogen (secondary N) is 2. The summed E-state index contributed by atoms with van der Waals surface area (Å²) in [6, 6.07) is 5.72. The Morgan fingerprint density at radius 1 is 1.35 bits per heavy atom. The number of ether oxygens (including phenoxy) is 1. The van der Waals surface area contributed by atoms with Crippen molar-refractivity contribution in [2.24, 2.45) is 0 Å². The first-order valence-corrected chi connectivity index (χ1v) is 7.49. The Labute approximate surface area is 124 Å². The van der Waals surface area contributed by atoms with Gasteiger partial charge in [0.05, 0.1) is 0 Å². The summed E-state index contributed by atoms with van der Waals surface area (Å²) < 4.78 is 5.82. The van der Waals surface area contributed by atoms with Crippen LogP contribution in [0.5, 0.6) is 5.88 Å². The third kappa shape index (κ3) is 4.89. The van der Waals surface area contributed by atoms with E-state index in [1.165, 1.54) is 0 Å². The van der Waals surface area contributed by atoms with E-state index in [0.717, 1.165) is 25.7 Å². The van der Waals surface area contributed by atoms with Gasteiger partial charge >= 0.3 is 6.03 Å². The predicted octanol–water partition coefficient (Wildman–Crippen LogP) is 2.31. The second kappa shape index (κ2) is 7.94. The average molecular weight is 298 g/mol. The summed E-state index contributed by atoms with van der Waals surface area (Å²) in [6.45, 7) is 0.492. The van der Waals surface area contributed by atoms with Gasteiger partial charge in [-0.25, -0.2) is 9.78 Å². The number of pyridine rings is 1. The van der Waals surface area contributed by atoms with Gasteiger partial charge < -0.3 is 15.4 Å². The highest BCUT2D eigenvalue weighted by Gasteiger charge is 2.23. The SMILES string of the molecule is O=C(NCCCl)NC1CCC(Oc2ccccn2)CC1. The summed E-state index contributed by atoms with van der Waals surface area (Å²) in [7, 11) is 0. The minimum atomic E-state index is -0.139. The third-order valence-corrected chi connectivity index (χ3v) is 3.50. The van der Waals surface area contributed by atoms with Crippen molar-refractivity contribution in [3.8, 4) is 5.88 Å². The lowest BCUT2D eigenvalue weighted by atomic mass is 9.93. The second-order valence-corrected chi connectivity index (χ2v) is 5.23. The van der Waals surface area contributed by atoms with E-state index in [2.05, 4.69) is 15.6 Å². The molecule has 1 aliphatic carbocycles. The lowest BCUT2D eigenvalue weighted by molar-refractivity contribution is 0.135. The van der Waals surface area contributed by atoms with Gasteiger partial charge in [-0.2, -0.15) is 0 Å². The molecule has 1 heterocycles. The van der Waals surface area contributed by atoms with Gasteiger partial charge in [-0.3, -0.25) is 0 Å². The Kier molecular flexibility index (Phi) is 5.92. The van der Waals surface area contributed by atoms with Crippen LogP contribution in [-0.2, 0) is 0 Å². The molecule has 0 spiro atoms. The summed E-state index contributed by atoms with van der Waals surface area (Å²) in [5, 5.41) is 5.67. The lowest BCUT2D eigenvalue weighted by Crippen LogP contribution is -2.45. The Hall–Kier alpha value is -1.49. The zero-order valence-corrected chi connectivity index (χ0v) is 12.1. The molecule has 5 nitrogen and oxygen atoms in total. The standard InChI is InChI=1S/C14H20ClN3O2/c15-8-10-17-14(19)18-11-4-6-12(7-5-11)20-13-3-1-2-9-16-13/h1-3,9,11-12H,4-8,10H2,(H2,17,18,19). The fourth-order valence-electron chi connectivity index (χ4n) is 2.31. The molecule has 0 aromatic carbocycles. The number of rotatable bonds is 5. The molecule has 0 unspecified atom stereocenters. The highest BCUT2D eigenvalue weighted by Crippen LogP contribution is 2.22. The van der Waals surface area contributed by atoms with E-state index in [-0.39, 0.29) is 18.2 Å². The van der Waals surface area contributed by atoms with Gasteiger partial charge in [-0.15, -0.1) is 11.6 Å². The highest BCUT2D eigenvalue weighted by molar-refractivity contribution is 6.18. The molecule has 0 aliphatic heterocycles. The molecule has 2 rings (SSSR count). The van der Waals surface area contributed by atoms with Crippen LogP contribution in [0.4, 0.5) is 4.79 Å². The van der Waals surface area contributed by atoms with Gasteiger partial charge in [0.25, 0.3) is 0 Å². The van der Waals surface area contributed by atoms with Crippen LogP contribution in [0.25, 0.3) is 0 Å². The first-order valence-electron chi connectivity index (χ1n) is 6.96. The van der Waals surface area contributed by atoms with Crippen molar-refractivity contribution in [1.82, 2.24) is 15.6 Å². The monoisotopic (exact) mass is 297 g/mol. The van der Waals surface area contributed by atoms with Gasteiger partial charge in [-0.05, 0) is 31.7 Å². The molecule has 2 amide bonds. The van der Waals surface area contributed by atoms with Gasteiger partial charge in [0.1, 0.15) is 6.10 Å². The Morgan fingerprint density at radius 3 is 2.80 bits per heavy atom. The van der Waals surface area contributed by atoms with E-state index in [4.69, 9.17) is 16.3 Å². The molecule has 1 aliphatic rings. The number of urea groups is 1. The minimum Gasteiger partial charge on any atom is -0.474 e. The Balaban J connectivity index is 1.68. The van der Waals surface area contributed by atoms with Crippen LogP contribution in [0.2, 0.25) is 0 Å². The number of nitrogens with zero attached hydrogens (tertiary/aromatic N) is 1. The number of hydrogen-bond acceptors (Lipinski definition) is 3. The number of alkyl halides is 1. The molecule has 20 heavy (non-hydrogen) atoms. The van der Waals surface area contributed by atoms with E-state index < -0.39 is 0 Å². The molecule has 6 heteroatoms. The van der Waals surface area contributed by atoms with Crippen molar-refractivity contribution in [2.45, 2.75) is 37.8 Å². The summed E-state index contributed by atoms with van der Waals surface area (Å²) >= 11 is 5.52. The topological polar surface area (TPSA) is 63.2 Å².